The molecular weight excluding hydrogens is 218 g/mol. The van der Waals surface area contributed by atoms with Crippen molar-refractivity contribution in [2.45, 2.75) is 25.3 Å². The predicted molar refractivity (Wildman–Crippen MR) is 63.3 cm³/mol. The number of hydrogen-bond donors (Lipinski definition) is 0. The van der Waals surface area contributed by atoms with Crippen LogP contribution in [-0.2, 0) is 10.3 Å². The van der Waals surface area contributed by atoms with Crippen LogP contribution < -0.4 is 9.47 Å². The van der Waals surface area contributed by atoms with E-state index in [4.69, 9.17) is 9.47 Å². The molecule has 4 nitrogen and oxygen atoms in total. The van der Waals surface area contributed by atoms with Gasteiger partial charge in [0.25, 0.3) is 0 Å². The van der Waals surface area contributed by atoms with Crippen molar-refractivity contribution < 1.29 is 14.3 Å². The van der Waals surface area contributed by atoms with Crippen molar-refractivity contribution >= 4 is 6.08 Å². The summed E-state index contributed by atoms with van der Waals surface area (Å²) in [5.41, 5.74) is 1.71. The van der Waals surface area contributed by atoms with E-state index in [-0.39, 0.29) is 5.54 Å². The van der Waals surface area contributed by atoms with Gasteiger partial charge in [-0.2, -0.15) is 4.99 Å². The molecule has 0 amide bonds. The number of aliphatic imine (C=N–C) groups is 1. The fourth-order valence-corrected chi connectivity index (χ4v) is 2.13. The first kappa shape index (κ1) is 11.7. The Labute approximate surface area is 100 Å². The fourth-order valence-electron chi connectivity index (χ4n) is 2.13. The van der Waals surface area contributed by atoms with E-state index in [1.807, 2.05) is 19.1 Å². The quantitative estimate of drug-likeness (QED) is 0.592. The van der Waals surface area contributed by atoms with Gasteiger partial charge in [0, 0.05) is 0 Å². The maximum Gasteiger partial charge on any atom is 0.235 e. The second kappa shape index (κ2) is 4.22. The van der Waals surface area contributed by atoms with Gasteiger partial charge in [-0.05, 0) is 43.0 Å². The summed E-state index contributed by atoms with van der Waals surface area (Å²) < 4.78 is 10.5. The second-order valence-corrected chi connectivity index (χ2v) is 4.26. The number of ether oxygens (including phenoxy) is 2. The molecule has 0 saturated heterocycles. The van der Waals surface area contributed by atoms with Gasteiger partial charge in [-0.25, -0.2) is 4.79 Å². The molecular formula is C13H15NO3. The fraction of sp³-hybridized carbons (Fsp3) is 0.462. The summed E-state index contributed by atoms with van der Waals surface area (Å²) in [6.07, 6.45) is 3.44. The summed E-state index contributed by atoms with van der Waals surface area (Å²) in [7, 11) is 3.20. The molecule has 1 aromatic carbocycles. The second-order valence-electron chi connectivity index (χ2n) is 4.26. The number of aryl methyl sites for hydroxylation is 1. The van der Waals surface area contributed by atoms with Crippen molar-refractivity contribution in [2.24, 2.45) is 4.99 Å². The summed E-state index contributed by atoms with van der Waals surface area (Å²) in [6.45, 7) is 1.98. The normalized spacial score (nSPS) is 15.9. The van der Waals surface area contributed by atoms with Crippen molar-refractivity contribution in [1.29, 1.82) is 0 Å². The van der Waals surface area contributed by atoms with Crippen LogP contribution in [-0.4, -0.2) is 20.3 Å². The topological polar surface area (TPSA) is 47.9 Å². The molecule has 1 aliphatic carbocycles. The molecule has 0 N–H and O–H groups in total. The van der Waals surface area contributed by atoms with E-state index in [1.54, 1.807) is 20.3 Å². The lowest BCUT2D eigenvalue weighted by Gasteiger charge is -2.16. The first-order valence-corrected chi connectivity index (χ1v) is 5.49. The molecule has 90 valence electrons. The lowest BCUT2D eigenvalue weighted by Crippen LogP contribution is -2.06. The van der Waals surface area contributed by atoms with Gasteiger partial charge in [0.2, 0.25) is 6.08 Å². The predicted octanol–water partition coefficient (Wildman–Crippen LogP) is 2.34. The molecule has 0 radical (unpaired) electrons. The lowest BCUT2D eigenvalue weighted by molar-refractivity contribution is 0.353. The Hall–Kier alpha value is -1.80. The van der Waals surface area contributed by atoms with Gasteiger partial charge >= 0.3 is 0 Å². The van der Waals surface area contributed by atoms with Crippen LogP contribution in [0.15, 0.2) is 17.1 Å². The van der Waals surface area contributed by atoms with Crippen LogP contribution in [0.1, 0.15) is 24.0 Å². The van der Waals surface area contributed by atoms with Crippen LogP contribution in [0.25, 0.3) is 0 Å². The Morgan fingerprint density at radius 2 is 1.82 bits per heavy atom. The number of hydrogen-bond acceptors (Lipinski definition) is 4. The van der Waals surface area contributed by atoms with Gasteiger partial charge in [0.05, 0.1) is 19.8 Å². The average Bonchev–Trinajstić information content (AvgIpc) is 3.09. The van der Waals surface area contributed by atoms with E-state index in [0.29, 0.717) is 11.5 Å². The van der Waals surface area contributed by atoms with Crippen LogP contribution in [0.2, 0.25) is 0 Å². The summed E-state index contributed by atoms with van der Waals surface area (Å²) in [4.78, 5) is 14.4. The zero-order valence-corrected chi connectivity index (χ0v) is 10.2. The Bertz CT molecular complexity index is 486. The first-order chi connectivity index (χ1) is 8.16. The van der Waals surface area contributed by atoms with Crippen LogP contribution in [0.3, 0.4) is 0 Å². The van der Waals surface area contributed by atoms with Crippen molar-refractivity contribution in [2.75, 3.05) is 14.2 Å². The molecule has 17 heavy (non-hydrogen) atoms. The Kier molecular flexibility index (Phi) is 2.90. The van der Waals surface area contributed by atoms with E-state index in [1.165, 1.54) is 0 Å². The van der Waals surface area contributed by atoms with Gasteiger partial charge in [-0.1, -0.05) is 0 Å². The van der Waals surface area contributed by atoms with Crippen molar-refractivity contribution in [3.05, 3.63) is 23.3 Å². The molecule has 4 heteroatoms. The lowest BCUT2D eigenvalue weighted by atomic mass is 9.99. The number of nitrogens with zero attached hydrogens (tertiary/aromatic N) is 1. The largest absolute Gasteiger partial charge is 0.493 e. The number of methoxy groups -OCH3 is 2. The highest BCUT2D eigenvalue weighted by atomic mass is 16.5. The highest BCUT2D eigenvalue weighted by molar-refractivity contribution is 5.52. The molecule has 0 heterocycles. The van der Waals surface area contributed by atoms with Gasteiger partial charge in [0.1, 0.15) is 0 Å². The first-order valence-electron chi connectivity index (χ1n) is 5.49. The van der Waals surface area contributed by atoms with Crippen LogP contribution in [0.5, 0.6) is 11.5 Å². The molecule has 0 atom stereocenters. The summed E-state index contributed by atoms with van der Waals surface area (Å²) >= 11 is 0. The van der Waals surface area contributed by atoms with Crippen LogP contribution >= 0.6 is 0 Å². The monoisotopic (exact) mass is 233 g/mol. The molecule has 1 aliphatic rings. The standard InChI is InChI=1S/C13H15NO3/c1-9-6-11(16-2)12(17-3)7-10(9)13(4-5-13)14-8-15/h6-7H,4-5H2,1-3H3. The van der Waals surface area contributed by atoms with E-state index in [0.717, 1.165) is 24.0 Å². The third kappa shape index (κ3) is 1.92. The zero-order chi connectivity index (χ0) is 12.5. The van der Waals surface area contributed by atoms with Crippen molar-refractivity contribution in [3.63, 3.8) is 0 Å². The molecule has 2 rings (SSSR count). The SMILES string of the molecule is COc1cc(C)c(C2(N=C=O)CC2)cc1OC. The molecule has 0 unspecified atom stereocenters. The minimum Gasteiger partial charge on any atom is -0.493 e. The summed E-state index contributed by atoms with van der Waals surface area (Å²) in [5, 5.41) is 0. The zero-order valence-electron chi connectivity index (χ0n) is 10.2. The number of rotatable bonds is 4. The maximum absolute atomic E-state index is 10.5. The van der Waals surface area contributed by atoms with E-state index in [2.05, 4.69) is 4.99 Å². The molecule has 0 aromatic heterocycles. The molecule has 0 spiro atoms. The van der Waals surface area contributed by atoms with Crippen LogP contribution in [0, 0.1) is 6.92 Å². The molecule has 1 saturated carbocycles. The third-order valence-corrected chi connectivity index (χ3v) is 3.22. The highest BCUT2D eigenvalue weighted by Crippen LogP contribution is 2.52. The summed E-state index contributed by atoms with van der Waals surface area (Å²) in [6, 6.07) is 3.82. The molecule has 1 aromatic rings. The molecule has 0 aliphatic heterocycles. The Balaban J connectivity index is 2.52. The van der Waals surface area contributed by atoms with Crippen LogP contribution in [0.4, 0.5) is 0 Å². The Morgan fingerprint density at radius 1 is 1.24 bits per heavy atom. The highest BCUT2D eigenvalue weighted by Gasteiger charge is 2.46. The summed E-state index contributed by atoms with van der Waals surface area (Å²) in [5.74, 6) is 1.36. The van der Waals surface area contributed by atoms with Gasteiger partial charge < -0.3 is 9.47 Å². The number of carbonyl (C=O) groups excluding carboxylic acids is 1. The van der Waals surface area contributed by atoms with Gasteiger partial charge in [-0.15, -0.1) is 0 Å². The maximum atomic E-state index is 10.5. The van der Waals surface area contributed by atoms with E-state index >= 15 is 0 Å². The minimum absolute atomic E-state index is 0.370. The number of benzene rings is 1. The van der Waals surface area contributed by atoms with Gasteiger partial charge in [0.15, 0.2) is 11.5 Å². The third-order valence-electron chi connectivity index (χ3n) is 3.22. The molecule has 0 bridgehead atoms. The average molecular weight is 233 g/mol. The minimum atomic E-state index is -0.370. The Morgan fingerprint density at radius 3 is 2.29 bits per heavy atom. The van der Waals surface area contributed by atoms with Gasteiger partial charge in [-0.3, -0.25) is 0 Å². The van der Waals surface area contributed by atoms with Crippen molar-refractivity contribution in [3.8, 4) is 11.5 Å². The smallest absolute Gasteiger partial charge is 0.235 e. The van der Waals surface area contributed by atoms with E-state index < -0.39 is 0 Å². The van der Waals surface area contributed by atoms with E-state index in [9.17, 15) is 4.79 Å². The number of isocyanates is 1. The van der Waals surface area contributed by atoms with Crippen molar-refractivity contribution in [1.82, 2.24) is 0 Å². The molecule has 1 fully saturated rings.